The van der Waals surface area contributed by atoms with Crippen LogP contribution in [-0.4, -0.2) is 12.2 Å². The number of epoxide rings is 1. The number of nitrogens with zero attached hydrogens (tertiary/aromatic N) is 1. The Morgan fingerprint density at radius 3 is 2.33 bits per heavy atom. The van der Waals surface area contributed by atoms with E-state index in [9.17, 15) is 0 Å². The molecule has 6 heavy (non-hydrogen) atoms. The highest BCUT2D eigenvalue weighted by Gasteiger charge is 2.33. The smallest absolute Gasteiger partial charge is 0.170 e. The van der Waals surface area contributed by atoms with Gasteiger partial charge in [-0.2, -0.15) is 5.26 Å². The summed E-state index contributed by atoms with van der Waals surface area (Å²) >= 11 is 0. The molecule has 0 N–H and O–H groups in total. The summed E-state index contributed by atoms with van der Waals surface area (Å²) in [5, 5.41) is 8.00. The molecule has 1 rings (SSSR count). The molecule has 1 saturated heterocycles. The van der Waals surface area contributed by atoms with Gasteiger partial charge in [0.15, 0.2) is 6.10 Å². The van der Waals surface area contributed by atoms with E-state index in [0.29, 0.717) is 0 Å². The molecule has 0 aromatic heterocycles. The van der Waals surface area contributed by atoms with E-state index < -0.39 is 0 Å². The SMILES string of the molecule is C[C@H]1O[C@H]1C#N. The van der Waals surface area contributed by atoms with Gasteiger partial charge in [-0.15, -0.1) is 0 Å². The van der Waals surface area contributed by atoms with Crippen LogP contribution >= 0.6 is 0 Å². The maximum atomic E-state index is 8.00. The van der Waals surface area contributed by atoms with E-state index in [1.165, 1.54) is 0 Å². The summed E-state index contributed by atoms with van der Waals surface area (Å²) in [7, 11) is 0. The first-order valence-corrected chi connectivity index (χ1v) is 1.89. The lowest BCUT2D eigenvalue weighted by atomic mass is 10.4. The summed E-state index contributed by atoms with van der Waals surface area (Å²) in [5.41, 5.74) is 0. The second kappa shape index (κ2) is 0.954. The summed E-state index contributed by atoms with van der Waals surface area (Å²) in [4.78, 5) is 0. The van der Waals surface area contributed by atoms with Crippen molar-refractivity contribution in [3.05, 3.63) is 0 Å². The standard InChI is InChI=1S/C4H5NO/c1-3-4(2-5)6-3/h3-4H,1H3/t3-,4+/m1/s1. The maximum absolute atomic E-state index is 8.00. The average molecular weight is 83.1 g/mol. The molecule has 0 bridgehead atoms. The lowest BCUT2D eigenvalue weighted by molar-refractivity contribution is 0.402. The topological polar surface area (TPSA) is 36.3 Å². The van der Waals surface area contributed by atoms with Gasteiger partial charge in [-0.1, -0.05) is 0 Å². The highest BCUT2D eigenvalue weighted by atomic mass is 16.6. The highest BCUT2D eigenvalue weighted by Crippen LogP contribution is 2.18. The third-order valence-corrected chi connectivity index (χ3v) is 0.838. The quantitative estimate of drug-likeness (QED) is 0.395. The molecule has 0 saturated carbocycles. The van der Waals surface area contributed by atoms with Crippen LogP contribution in [0.3, 0.4) is 0 Å². The van der Waals surface area contributed by atoms with Gasteiger partial charge in [0.05, 0.1) is 12.2 Å². The van der Waals surface area contributed by atoms with Gasteiger partial charge in [0.2, 0.25) is 0 Å². The number of hydrogen-bond donors (Lipinski definition) is 0. The van der Waals surface area contributed by atoms with Crippen molar-refractivity contribution in [3.63, 3.8) is 0 Å². The first-order chi connectivity index (χ1) is 2.84. The van der Waals surface area contributed by atoms with E-state index in [2.05, 4.69) is 0 Å². The summed E-state index contributed by atoms with van der Waals surface area (Å²) in [6, 6.07) is 1.97. The third-order valence-electron chi connectivity index (χ3n) is 0.838. The lowest BCUT2D eigenvalue weighted by Gasteiger charge is -1.55. The Morgan fingerprint density at radius 2 is 2.33 bits per heavy atom. The molecule has 1 aliphatic heterocycles. The van der Waals surface area contributed by atoms with E-state index in [-0.39, 0.29) is 12.2 Å². The number of ether oxygens (including phenoxy) is 1. The number of rotatable bonds is 0. The molecule has 0 unspecified atom stereocenters. The van der Waals surface area contributed by atoms with Crippen molar-refractivity contribution in [1.29, 1.82) is 5.26 Å². The molecule has 0 amide bonds. The van der Waals surface area contributed by atoms with Crippen molar-refractivity contribution < 1.29 is 4.74 Å². The molecule has 0 radical (unpaired) electrons. The normalized spacial score (nSPS) is 41.3. The summed E-state index contributed by atoms with van der Waals surface area (Å²) < 4.78 is 4.70. The van der Waals surface area contributed by atoms with Crippen molar-refractivity contribution in [2.75, 3.05) is 0 Å². The first kappa shape index (κ1) is 3.63. The molecule has 0 aliphatic carbocycles. The van der Waals surface area contributed by atoms with Gasteiger partial charge >= 0.3 is 0 Å². The molecule has 1 aliphatic rings. The second-order valence-corrected chi connectivity index (χ2v) is 1.39. The lowest BCUT2D eigenvalue weighted by Crippen LogP contribution is -1.78. The van der Waals surface area contributed by atoms with Gasteiger partial charge in [-0.25, -0.2) is 0 Å². The highest BCUT2D eigenvalue weighted by molar-refractivity contribution is 4.99. The molecule has 0 aromatic carbocycles. The van der Waals surface area contributed by atoms with Gasteiger partial charge in [-0.3, -0.25) is 0 Å². The van der Waals surface area contributed by atoms with Gasteiger partial charge < -0.3 is 4.74 Å². The second-order valence-electron chi connectivity index (χ2n) is 1.39. The minimum absolute atomic E-state index is 0.0926. The fourth-order valence-corrected chi connectivity index (χ4v) is 0.321. The zero-order valence-corrected chi connectivity index (χ0v) is 3.51. The summed E-state index contributed by atoms with van der Waals surface area (Å²) in [5.74, 6) is 0. The monoisotopic (exact) mass is 83.0 g/mol. The molecule has 2 atom stereocenters. The van der Waals surface area contributed by atoms with E-state index in [1.54, 1.807) is 0 Å². The summed E-state index contributed by atoms with van der Waals surface area (Å²) in [6.45, 7) is 1.88. The predicted octanol–water partition coefficient (Wildman–Crippen LogP) is 0.297. The molecule has 1 heterocycles. The minimum Gasteiger partial charge on any atom is -0.354 e. The van der Waals surface area contributed by atoms with Crippen LogP contribution in [0.15, 0.2) is 0 Å². The maximum Gasteiger partial charge on any atom is 0.170 e. The van der Waals surface area contributed by atoms with Crippen molar-refractivity contribution in [1.82, 2.24) is 0 Å². The van der Waals surface area contributed by atoms with Crippen LogP contribution in [0.5, 0.6) is 0 Å². The number of hydrogen-bond acceptors (Lipinski definition) is 2. The van der Waals surface area contributed by atoms with Crippen LogP contribution in [0.1, 0.15) is 6.92 Å². The Morgan fingerprint density at radius 1 is 1.83 bits per heavy atom. The molecule has 1 fully saturated rings. The van der Waals surface area contributed by atoms with Crippen molar-refractivity contribution in [2.24, 2.45) is 0 Å². The largest absolute Gasteiger partial charge is 0.354 e. The van der Waals surface area contributed by atoms with Crippen molar-refractivity contribution in [2.45, 2.75) is 19.1 Å². The summed E-state index contributed by atoms with van der Waals surface area (Å²) in [6.07, 6.45) is 0.111. The van der Waals surface area contributed by atoms with Crippen molar-refractivity contribution in [3.8, 4) is 6.07 Å². The van der Waals surface area contributed by atoms with Crippen LogP contribution in [0.25, 0.3) is 0 Å². The third kappa shape index (κ3) is 0.373. The zero-order valence-electron chi connectivity index (χ0n) is 3.51. The van der Waals surface area contributed by atoms with Crippen LogP contribution in [0.2, 0.25) is 0 Å². The van der Waals surface area contributed by atoms with Gasteiger partial charge in [0, 0.05) is 0 Å². The zero-order chi connectivity index (χ0) is 4.57. The first-order valence-electron chi connectivity index (χ1n) is 1.89. The Bertz CT molecular complexity index is 94.2. The minimum atomic E-state index is -0.0926. The Hall–Kier alpha value is -0.550. The Labute approximate surface area is 36.3 Å². The molecule has 2 heteroatoms. The van der Waals surface area contributed by atoms with Crippen LogP contribution in [0, 0.1) is 11.3 Å². The molecule has 0 spiro atoms. The average Bonchev–Trinajstić information content (AvgIpc) is 2.19. The van der Waals surface area contributed by atoms with E-state index in [1.807, 2.05) is 13.0 Å². The Kier molecular flexibility index (Phi) is 0.578. The fraction of sp³-hybridized carbons (Fsp3) is 0.750. The number of nitriles is 1. The van der Waals surface area contributed by atoms with E-state index in [0.717, 1.165) is 0 Å². The van der Waals surface area contributed by atoms with Gasteiger partial charge in [0.1, 0.15) is 0 Å². The van der Waals surface area contributed by atoms with E-state index in [4.69, 9.17) is 10.00 Å². The van der Waals surface area contributed by atoms with Crippen LogP contribution in [0.4, 0.5) is 0 Å². The van der Waals surface area contributed by atoms with Crippen LogP contribution in [-0.2, 0) is 4.74 Å². The molecular weight excluding hydrogens is 78.0 g/mol. The molecule has 2 nitrogen and oxygen atoms in total. The predicted molar refractivity (Wildman–Crippen MR) is 19.9 cm³/mol. The Balaban J connectivity index is 2.31. The van der Waals surface area contributed by atoms with Crippen molar-refractivity contribution >= 4 is 0 Å². The molecular formula is C4H5NO. The van der Waals surface area contributed by atoms with E-state index >= 15 is 0 Å². The molecule has 32 valence electrons. The van der Waals surface area contributed by atoms with Gasteiger partial charge in [0.25, 0.3) is 0 Å². The fourth-order valence-electron chi connectivity index (χ4n) is 0.321. The van der Waals surface area contributed by atoms with Gasteiger partial charge in [-0.05, 0) is 6.92 Å². The molecule has 0 aromatic rings. The van der Waals surface area contributed by atoms with Crippen LogP contribution < -0.4 is 0 Å².